The van der Waals surface area contributed by atoms with E-state index in [0.717, 1.165) is 19.4 Å². The molecule has 0 aromatic carbocycles. The van der Waals surface area contributed by atoms with Crippen molar-refractivity contribution in [3.05, 3.63) is 0 Å². The second kappa shape index (κ2) is 6.53. The number of ether oxygens (including phenoxy) is 1. The summed E-state index contributed by atoms with van der Waals surface area (Å²) in [5.41, 5.74) is 5.42. The number of amides is 1. The Hall–Kier alpha value is -0.610. The van der Waals surface area contributed by atoms with Gasteiger partial charge in [-0.1, -0.05) is 6.42 Å². The maximum atomic E-state index is 12.4. The summed E-state index contributed by atoms with van der Waals surface area (Å²) in [5, 5.41) is 0. The van der Waals surface area contributed by atoms with E-state index in [1.165, 1.54) is 6.42 Å². The molecule has 0 radical (unpaired) electrons. The molecule has 2 N–H and O–H groups in total. The van der Waals surface area contributed by atoms with E-state index in [2.05, 4.69) is 0 Å². The smallest absolute Gasteiger partial charge is 0.225 e. The zero-order valence-corrected chi connectivity index (χ0v) is 12.2. The molecule has 2 unspecified atom stereocenters. The van der Waals surface area contributed by atoms with Crippen LogP contribution in [-0.4, -0.2) is 42.6 Å². The molecule has 18 heavy (non-hydrogen) atoms. The minimum absolute atomic E-state index is 0.190. The number of carbonyl (C=O) groups is 1. The lowest BCUT2D eigenvalue weighted by Gasteiger charge is -2.34. The number of methoxy groups -OCH3 is 1. The molecule has 1 aliphatic carbocycles. The first-order valence-corrected chi connectivity index (χ1v) is 7.00. The third kappa shape index (κ3) is 3.69. The Labute approximate surface area is 111 Å². The van der Waals surface area contributed by atoms with Crippen LogP contribution in [0.1, 0.15) is 46.5 Å². The molecule has 0 aromatic heterocycles. The number of carbonyl (C=O) groups excluding carboxylic acids is 1. The predicted octanol–water partition coefficient (Wildman–Crippen LogP) is 1.78. The van der Waals surface area contributed by atoms with Crippen LogP contribution in [0.4, 0.5) is 0 Å². The van der Waals surface area contributed by atoms with Crippen molar-refractivity contribution in [1.82, 2.24) is 4.90 Å². The highest BCUT2D eigenvalue weighted by atomic mass is 16.5. The van der Waals surface area contributed by atoms with Gasteiger partial charge in [0.2, 0.25) is 5.91 Å². The van der Waals surface area contributed by atoms with E-state index in [0.29, 0.717) is 24.9 Å². The Morgan fingerprint density at radius 1 is 1.44 bits per heavy atom. The van der Waals surface area contributed by atoms with Gasteiger partial charge in [-0.25, -0.2) is 0 Å². The summed E-state index contributed by atoms with van der Waals surface area (Å²) in [6.07, 6.45) is 3.86. The first kappa shape index (κ1) is 15.4. The average molecular weight is 256 g/mol. The van der Waals surface area contributed by atoms with E-state index in [1.54, 1.807) is 7.11 Å². The maximum absolute atomic E-state index is 12.4. The Morgan fingerprint density at radius 2 is 2.11 bits per heavy atom. The minimum Gasteiger partial charge on any atom is -0.378 e. The molecule has 4 heteroatoms. The van der Waals surface area contributed by atoms with Crippen molar-refractivity contribution >= 4 is 5.91 Å². The van der Waals surface area contributed by atoms with Gasteiger partial charge >= 0.3 is 0 Å². The molecule has 1 aliphatic rings. The van der Waals surface area contributed by atoms with Crippen molar-refractivity contribution in [2.75, 3.05) is 20.2 Å². The van der Waals surface area contributed by atoms with Gasteiger partial charge in [0.25, 0.3) is 0 Å². The van der Waals surface area contributed by atoms with E-state index in [4.69, 9.17) is 10.5 Å². The van der Waals surface area contributed by atoms with Crippen LogP contribution >= 0.6 is 0 Å². The summed E-state index contributed by atoms with van der Waals surface area (Å²) in [5.74, 6) is 0.661. The second-order valence-corrected chi connectivity index (χ2v) is 5.81. The van der Waals surface area contributed by atoms with Crippen LogP contribution in [0.15, 0.2) is 0 Å². The Morgan fingerprint density at radius 3 is 2.61 bits per heavy atom. The zero-order valence-electron chi connectivity index (χ0n) is 12.2. The molecular formula is C14H28N2O2. The predicted molar refractivity (Wildman–Crippen MR) is 73.3 cm³/mol. The Bertz CT molecular complexity index is 279. The van der Waals surface area contributed by atoms with Crippen LogP contribution in [0, 0.1) is 5.92 Å². The van der Waals surface area contributed by atoms with Gasteiger partial charge in [-0.05, 0) is 46.1 Å². The number of nitrogens with zero attached hydrogens (tertiary/aromatic N) is 1. The molecule has 1 rings (SSSR count). The van der Waals surface area contributed by atoms with Gasteiger partial charge in [0.15, 0.2) is 0 Å². The lowest BCUT2D eigenvalue weighted by molar-refractivity contribution is -0.139. The van der Waals surface area contributed by atoms with Gasteiger partial charge in [-0.15, -0.1) is 0 Å². The van der Waals surface area contributed by atoms with E-state index < -0.39 is 0 Å². The van der Waals surface area contributed by atoms with Gasteiger partial charge < -0.3 is 15.4 Å². The van der Waals surface area contributed by atoms with Gasteiger partial charge in [0.1, 0.15) is 0 Å². The summed E-state index contributed by atoms with van der Waals surface area (Å²) in [6.45, 7) is 7.40. The fourth-order valence-electron chi connectivity index (χ4n) is 2.84. The SMILES string of the molecule is CCN(C(=O)CC(C)(C)OC)C1CCCC1CN. The average Bonchev–Trinajstić information content (AvgIpc) is 2.77. The van der Waals surface area contributed by atoms with E-state index in [9.17, 15) is 4.79 Å². The summed E-state index contributed by atoms with van der Waals surface area (Å²) in [4.78, 5) is 14.4. The molecule has 106 valence electrons. The Balaban J connectivity index is 2.68. The van der Waals surface area contributed by atoms with Crippen molar-refractivity contribution in [2.24, 2.45) is 11.7 Å². The molecule has 0 heterocycles. The first-order chi connectivity index (χ1) is 8.45. The van der Waals surface area contributed by atoms with Gasteiger partial charge in [0.05, 0.1) is 12.0 Å². The van der Waals surface area contributed by atoms with Gasteiger partial charge in [-0.2, -0.15) is 0 Å². The largest absolute Gasteiger partial charge is 0.378 e. The van der Waals surface area contributed by atoms with Crippen molar-refractivity contribution < 1.29 is 9.53 Å². The molecule has 1 amide bonds. The highest BCUT2D eigenvalue weighted by Gasteiger charge is 2.34. The standard InChI is InChI=1S/C14H28N2O2/c1-5-16(12-8-6-7-11(12)10-15)13(17)9-14(2,3)18-4/h11-12H,5-10,15H2,1-4H3. The molecule has 0 saturated heterocycles. The zero-order chi connectivity index (χ0) is 13.8. The summed E-state index contributed by atoms with van der Waals surface area (Å²) in [7, 11) is 1.65. The van der Waals surface area contributed by atoms with Crippen molar-refractivity contribution in [3.8, 4) is 0 Å². The minimum atomic E-state index is -0.388. The Kier molecular flexibility index (Phi) is 5.60. The van der Waals surface area contributed by atoms with Crippen molar-refractivity contribution in [1.29, 1.82) is 0 Å². The quantitative estimate of drug-likeness (QED) is 0.788. The molecular weight excluding hydrogens is 228 g/mol. The molecule has 1 fully saturated rings. The van der Waals surface area contributed by atoms with Crippen molar-refractivity contribution in [2.45, 2.75) is 58.1 Å². The van der Waals surface area contributed by atoms with Crippen molar-refractivity contribution in [3.63, 3.8) is 0 Å². The number of hydrogen-bond acceptors (Lipinski definition) is 3. The van der Waals surface area contributed by atoms with Crippen LogP contribution in [0.5, 0.6) is 0 Å². The molecule has 4 nitrogen and oxygen atoms in total. The summed E-state index contributed by atoms with van der Waals surface area (Å²) < 4.78 is 5.35. The van der Waals surface area contributed by atoms with E-state index >= 15 is 0 Å². The molecule has 0 bridgehead atoms. The first-order valence-electron chi connectivity index (χ1n) is 7.00. The third-order valence-corrected chi connectivity index (χ3v) is 4.11. The van der Waals surface area contributed by atoms with Crippen LogP contribution in [0.2, 0.25) is 0 Å². The topological polar surface area (TPSA) is 55.6 Å². The summed E-state index contributed by atoms with van der Waals surface area (Å²) >= 11 is 0. The van der Waals surface area contributed by atoms with Crippen LogP contribution < -0.4 is 5.73 Å². The van der Waals surface area contributed by atoms with E-state index in [-0.39, 0.29) is 11.5 Å². The monoisotopic (exact) mass is 256 g/mol. The fourth-order valence-corrected chi connectivity index (χ4v) is 2.84. The number of nitrogens with two attached hydrogens (primary N) is 1. The molecule has 1 saturated carbocycles. The number of hydrogen-bond donors (Lipinski definition) is 1. The molecule has 0 aliphatic heterocycles. The summed E-state index contributed by atoms with van der Waals surface area (Å²) in [6, 6.07) is 0.333. The highest BCUT2D eigenvalue weighted by molar-refractivity contribution is 5.77. The van der Waals surface area contributed by atoms with Crippen LogP contribution in [0.25, 0.3) is 0 Å². The second-order valence-electron chi connectivity index (χ2n) is 5.81. The van der Waals surface area contributed by atoms with Gasteiger partial charge in [0, 0.05) is 19.7 Å². The molecule has 0 spiro atoms. The maximum Gasteiger partial charge on any atom is 0.225 e. The van der Waals surface area contributed by atoms with Gasteiger partial charge in [-0.3, -0.25) is 4.79 Å². The fraction of sp³-hybridized carbons (Fsp3) is 0.929. The highest BCUT2D eigenvalue weighted by Crippen LogP contribution is 2.30. The van der Waals surface area contributed by atoms with E-state index in [1.807, 2.05) is 25.7 Å². The lowest BCUT2D eigenvalue weighted by Crippen LogP contribution is -2.46. The number of rotatable bonds is 6. The molecule has 0 aromatic rings. The normalized spacial score (nSPS) is 24.3. The third-order valence-electron chi connectivity index (χ3n) is 4.11. The molecule has 2 atom stereocenters. The van der Waals surface area contributed by atoms with Crippen LogP contribution in [0.3, 0.4) is 0 Å². The lowest BCUT2D eigenvalue weighted by atomic mass is 9.99. The van der Waals surface area contributed by atoms with Crippen LogP contribution in [-0.2, 0) is 9.53 Å².